The molecule has 0 radical (unpaired) electrons. The summed E-state index contributed by atoms with van der Waals surface area (Å²) in [6.07, 6.45) is 0. The standard InChI is InChI=1S/C6H6N6O2/c13-6(14)3-7-4-1-2-5-8-10-11-12(5)9-4/h1-2H,3H2,(H,7,9)(H,13,14). The van der Waals surface area contributed by atoms with Crippen LogP contribution in [0.15, 0.2) is 12.1 Å². The molecule has 2 N–H and O–H groups in total. The van der Waals surface area contributed by atoms with Gasteiger partial charge in [-0.25, -0.2) is 0 Å². The Hall–Kier alpha value is -2.25. The van der Waals surface area contributed by atoms with E-state index in [9.17, 15) is 4.79 Å². The maximum atomic E-state index is 10.2. The number of aliphatic carboxylic acids is 1. The van der Waals surface area contributed by atoms with Gasteiger partial charge in [0.2, 0.25) is 0 Å². The number of anilines is 1. The fraction of sp³-hybridized carbons (Fsp3) is 0.167. The van der Waals surface area contributed by atoms with Crippen LogP contribution in [-0.2, 0) is 4.79 Å². The molecule has 0 aliphatic heterocycles. The third-order valence-corrected chi connectivity index (χ3v) is 1.49. The van der Waals surface area contributed by atoms with Gasteiger partial charge in [-0.3, -0.25) is 4.79 Å². The van der Waals surface area contributed by atoms with Gasteiger partial charge in [0, 0.05) is 0 Å². The van der Waals surface area contributed by atoms with Gasteiger partial charge in [-0.15, -0.1) is 14.8 Å². The van der Waals surface area contributed by atoms with Crippen LogP contribution < -0.4 is 5.32 Å². The number of nitrogens with one attached hydrogen (secondary N) is 1. The van der Waals surface area contributed by atoms with E-state index < -0.39 is 5.97 Å². The SMILES string of the molecule is O=C(O)CNc1ccc2nnnn2n1. The Labute approximate surface area is 77.5 Å². The van der Waals surface area contributed by atoms with E-state index >= 15 is 0 Å². The minimum Gasteiger partial charge on any atom is -0.480 e. The monoisotopic (exact) mass is 194 g/mol. The number of rotatable bonds is 3. The molecule has 0 unspecified atom stereocenters. The Morgan fingerprint density at radius 1 is 1.57 bits per heavy atom. The second kappa shape index (κ2) is 3.24. The van der Waals surface area contributed by atoms with Crippen molar-refractivity contribution in [3.63, 3.8) is 0 Å². The Bertz CT molecular complexity index is 466. The summed E-state index contributed by atoms with van der Waals surface area (Å²) in [7, 11) is 0. The maximum Gasteiger partial charge on any atom is 0.322 e. The molecular weight excluding hydrogens is 188 g/mol. The van der Waals surface area contributed by atoms with E-state index in [1.807, 2.05) is 0 Å². The van der Waals surface area contributed by atoms with Crippen LogP contribution in [0.5, 0.6) is 0 Å². The Kier molecular flexibility index (Phi) is 1.94. The lowest BCUT2D eigenvalue weighted by molar-refractivity contribution is -0.134. The number of tetrazole rings is 1. The summed E-state index contributed by atoms with van der Waals surface area (Å²) < 4.78 is 1.21. The van der Waals surface area contributed by atoms with Crippen LogP contribution in [0.25, 0.3) is 5.65 Å². The first-order valence-corrected chi connectivity index (χ1v) is 3.77. The topological polar surface area (TPSA) is 105 Å². The number of carboxylic acids is 1. The smallest absolute Gasteiger partial charge is 0.322 e. The molecule has 0 aromatic carbocycles. The fourth-order valence-corrected chi connectivity index (χ4v) is 0.910. The van der Waals surface area contributed by atoms with Gasteiger partial charge in [0.25, 0.3) is 0 Å². The summed E-state index contributed by atoms with van der Waals surface area (Å²) in [6, 6.07) is 3.24. The molecule has 0 aliphatic rings. The number of fused-ring (bicyclic) bond motifs is 1. The number of carbonyl (C=O) groups is 1. The summed E-state index contributed by atoms with van der Waals surface area (Å²) in [5.74, 6) is -0.546. The van der Waals surface area contributed by atoms with Crippen LogP contribution >= 0.6 is 0 Å². The van der Waals surface area contributed by atoms with Crippen molar-refractivity contribution in [2.75, 3.05) is 11.9 Å². The van der Waals surface area contributed by atoms with Crippen molar-refractivity contribution in [1.82, 2.24) is 25.3 Å². The summed E-state index contributed by atoms with van der Waals surface area (Å²) in [6.45, 7) is -0.194. The van der Waals surface area contributed by atoms with Crippen LogP contribution in [0.4, 0.5) is 5.82 Å². The maximum absolute atomic E-state index is 10.2. The molecule has 14 heavy (non-hydrogen) atoms. The summed E-state index contributed by atoms with van der Waals surface area (Å²) in [4.78, 5) is 10.2. The van der Waals surface area contributed by atoms with Crippen LogP contribution in [0.2, 0.25) is 0 Å². The second-order valence-corrected chi connectivity index (χ2v) is 2.49. The number of hydrogen-bond acceptors (Lipinski definition) is 6. The minimum absolute atomic E-state index is 0.194. The van der Waals surface area contributed by atoms with Gasteiger partial charge in [-0.2, -0.15) is 0 Å². The Morgan fingerprint density at radius 2 is 2.43 bits per heavy atom. The zero-order chi connectivity index (χ0) is 9.97. The van der Waals surface area contributed by atoms with Gasteiger partial charge in [0.05, 0.1) is 0 Å². The van der Waals surface area contributed by atoms with Crippen LogP contribution in [0, 0.1) is 0 Å². The zero-order valence-electron chi connectivity index (χ0n) is 6.95. The van der Waals surface area contributed by atoms with Crippen molar-refractivity contribution in [3.05, 3.63) is 12.1 Å². The second-order valence-electron chi connectivity index (χ2n) is 2.49. The van der Waals surface area contributed by atoms with Crippen molar-refractivity contribution in [2.45, 2.75) is 0 Å². The molecule has 0 saturated heterocycles. The molecule has 2 heterocycles. The van der Waals surface area contributed by atoms with E-state index in [1.54, 1.807) is 12.1 Å². The molecule has 0 amide bonds. The van der Waals surface area contributed by atoms with Crippen molar-refractivity contribution in [2.24, 2.45) is 0 Å². The first kappa shape index (κ1) is 8.35. The van der Waals surface area contributed by atoms with E-state index in [4.69, 9.17) is 5.11 Å². The first-order valence-electron chi connectivity index (χ1n) is 3.77. The molecule has 8 nitrogen and oxygen atoms in total. The fourth-order valence-electron chi connectivity index (χ4n) is 0.910. The Morgan fingerprint density at radius 3 is 3.21 bits per heavy atom. The van der Waals surface area contributed by atoms with E-state index in [-0.39, 0.29) is 6.54 Å². The van der Waals surface area contributed by atoms with Crippen molar-refractivity contribution in [1.29, 1.82) is 0 Å². The third-order valence-electron chi connectivity index (χ3n) is 1.49. The average molecular weight is 194 g/mol. The number of carboxylic acid groups (broad SMARTS) is 1. The molecular formula is C6H6N6O2. The van der Waals surface area contributed by atoms with E-state index in [2.05, 4.69) is 25.9 Å². The highest BCUT2D eigenvalue weighted by molar-refractivity contribution is 5.72. The molecule has 0 spiro atoms. The summed E-state index contributed by atoms with van der Waals surface area (Å²) >= 11 is 0. The first-order chi connectivity index (χ1) is 6.75. The molecule has 0 fully saturated rings. The summed E-state index contributed by atoms with van der Waals surface area (Å²) in [5, 5.41) is 25.5. The van der Waals surface area contributed by atoms with Gasteiger partial charge in [0.15, 0.2) is 5.65 Å². The molecule has 8 heteroatoms. The molecule has 0 atom stereocenters. The van der Waals surface area contributed by atoms with Crippen LogP contribution in [0.1, 0.15) is 0 Å². The normalized spacial score (nSPS) is 10.3. The molecule has 2 aromatic rings. The van der Waals surface area contributed by atoms with Gasteiger partial charge in [-0.05, 0) is 22.6 Å². The van der Waals surface area contributed by atoms with Gasteiger partial charge < -0.3 is 10.4 Å². The highest BCUT2D eigenvalue weighted by Gasteiger charge is 2.01. The summed E-state index contributed by atoms with van der Waals surface area (Å²) in [5.41, 5.74) is 0.505. The highest BCUT2D eigenvalue weighted by Crippen LogP contribution is 2.01. The predicted molar refractivity (Wildman–Crippen MR) is 44.7 cm³/mol. The van der Waals surface area contributed by atoms with E-state index in [0.717, 1.165) is 0 Å². The average Bonchev–Trinajstić information content (AvgIpc) is 2.61. The molecule has 0 bridgehead atoms. The minimum atomic E-state index is -0.955. The van der Waals surface area contributed by atoms with Gasteiger partial charge in [-0.1, -0.05) is 0 Å². The number of hydrogen-bond donors (Lipinski definition) is 2. The number of aromatic nitrogens is 5. The van der Waals surface area contributed by atoms with Crippen LogP contribution in [-0.4, -0.2) is 42.9 Å². The lowest BCUT2D eigenvalue weighted by atomic mass is 10.5. The zero-order valence-corrected chi connectivity index (χ0v) is 6.95. The lowest BCUT2D eigenvalue weighted by Crippen LogP contribution is -2.14. The van der Waals surface area contributed by atoms with Gasteiger partial charge >= 0.3 is 5.97 Å². The van der Waals surface area contributed by atoms with Crippen molar-refractivity contribution < 1.29 is 9.90 Å². The molecule has 72 valence electrons. The quantitative estimate of drug-likeness (QED) is 0.646. The van der Waals surface area contributed by atoms with Gasteiger partial charge in [0.1, 0.15) is 12.4 Å². The largest absolute Gasteiger partial charge is 0.480 e. The third kappa shape index (κ3) is 1.58. The molecule has 0 aliphatic carbocycles. The lowest BCUT2D eigenvalue weighted by Gasteiger charge is -2.00. The number of nitrogens with zero attached hydrogens (tertiary/aromatic N) is 5. The van der Waals surface area contributed by atoms with Crippen molar-refractivity contribution in [3.8, 4) is 0 Å². The predicted octanol–water partition coefficient (Wildman–Crippen LogP) is -0.984. The van der Waals surface area contributed by atoms with E-state index in [1.165, 1.54) is 4.63 Å². The highest BCUT2D eigenvalue weighted by atomic mass is 16.4. The van der Waals surface area contributed by atoms with E-state index in [0.29, 0.717) is 11.5 Å². The molecule has 2 rings (SSSR count). The Balaban J connectivity index is 2.21. The molecule has 0 saturated carbocycles. The van der Waals surface area contributed by atoms with Crippen LogP contribution in [0.3, 0.4) is 0 Å². The molecule has 2 aromatic heterocycles. The van der Waals surface area contributed by atoms with Crippen molar-refractivity contribution >= 4 is 17.4 Å².